The molecule has 1 aromatic carbocycles. The zero-order chi connectivity index (χ0) is 56.8. The summed E-state index contributed by atoms with van der Waals surface area (Å²) in [5.41, 5.74) is 9.31. The Balaban J connectivity index is 0.791. The van der Waals surface area contributed by atoms with Crippen molar-refractivity contribution >= 4 is 84.9 Å². The first-order chi connectivity index (χ1) is 37.6. The van der Waals surface area contributed by atoms with Crippen LogP contribution in [-0.2, 0) is 77.2 Å². The minimum Gasteiger partial charge on any atom is -0.420 e. The standard InChI is InChI=1S/C42H53F4N11O18P2S2/c1-19-24(43)26(45)33(27(46)25(19)44)73-23(59)4-6-65-8-10-67-12-14-68-13-11-66-9-7-64-5-3-22(58)51-28-31-20(71-39(28)56-17-49-29-35(56)52-41(47)54-37(29)60)15-69-76(2,62)74-32-21(16-70-77(63,79)75-31)72-40(34(32)78)57-18-50-30-36(57)53-42(48)55-38(30)61/h17-18,20-21,28,31-32,34,39-40,78H,3-16H2,1-2H3,(H,51,58)(H,63,79)(H3,47,52,54,60)(H3,48,53,55,61)/t20-,21-,28?,31+,32+,34?,39-,40-,76?,77?/m1/s1. The number of esters is 1. The minimum atomic E-state index is -4.35. The highest BCUT2D eigenvalue weighted by Crippen LogP contribution is 2.54. The van der Waals surface area contributed by atoms with Crippen LogP contribution in [0, 0.1) is 30.2 Å². The van der Waals surface area contributed by atoms with Crippen LogP contribution >= 0.6 is 26.9 Å². The Morgan fingerprint density at radius 3 is 1.77 bits per heavy atom. The van der Waals surface area contributed by atoms with Crippen molar-refractivity contribution in [2.24, 2.45) is 0 Å². The molecule has 4 unspecified atom stereocenters. The van der Waals surface area contributed by atoms with Crippen LogP contribution in [-0.4, -0.2) is 177 Å². The van der Waals surface area contributed by atoms with Gasteiger partial charge in [0.25, 0.3) is 11.1 Å². The molecule has 10 atom stereocenters. The third kappa shape index (κ3) is 14.5. The van der Waals surface area contributed by atoms with Crippen molar-refractivity contribution in [3.8, 4) is 5.75 Å². The molecule has 0 spiro atoms. The second-order valence-electron chi connectivity index (χ2n) is 17.5. The molecular weight excluding hydrogens is 1150 g/mol. The van der Waals surface area contributed by atoms with Gasteiger partial charge in [0.05, 0.1) is 104 Å². The summed E-state index contributed by atoms with van der Waals surface area (Å²) in [6.45, 7) is -2.58. The van der Waals surface area contributed by atoms with E-state index in [2.05, 4.69) is 40.0 Å². The number of hydrogen-bond donors (Lipinski definition) is 7. The van der Waals surface area contributed by atoms with Crippen molar-refractivity contribution < 1.29 is 92.6 Å². The number of carbonyl (C=O) groups is 2. The van der Waals surface area contributed by atoms with Gasteiger partial charge in [-0.25, -0.2) is 18.7 Å². The number of H-pyrrole nitrogens is 2. The zero-order valence-corrected chi connectivity index (χ0v) is 45.2. The fourth-order valence-electron chi connectivity index (χ4n) is 8.21. The van der Waals surface area contributed by atoms with E-state index in [-0.39, 0.29) is 107 Å². The Morgan fingerprint density at radius 2 is 1.23 bits per heavy atom. The lowest BCUT2D eigenvalue weighted by atomic mass is 10.1. The monoisotopic (exact) mass is 1200 g/mol. The minimum absolute atomic E-state index is 0.0394. The number of rotatable bonds is 22. The van der Waals surface area contributed by atoms with E-state index in [1.165, 1.54) is 28.5 Å². The predicted octanol–water partition coefficient (Wildman–Crippen LogP) is 1.19. The fraction of sp³-hybridized carbons (Fsp3) is 0.571. The largest absolute Gasteiger partial charge is 0.420 e. The molecule has 7 heterocycles. The molecule has 0 bridgehead atoms. The lowest BCUT2D eigenvalue weighted by Gasteiger charge is -2.31. The number of fused-ring (bicyclic) bond motifs is 4. The molecule has 0 radical (unpaired) electrons. The van der Waals surface area contributed by atoms with Gasteiger partial charge in [-0.2, -0.15) is 31.4 Å². The van der Waals surface area contributed by atoms with Crippen LogP contribution in [0.2, 0.25) is 0 Å². The number of aromatic amines is 2. The molecule has 3 fully saturated rings. The van der Waals surface area contributed by atoms with Crippen LogP contribution in [0.3, 0.4) is 0 Å². The molecule has 79 heavy (non-hydrogen) atoms. The van der Waals surface area contributed by atoms with E-state index in [1.807, 2.05) is 0 Å². The van der Waals surface area contributed by atoms with Crippen LogP contribution in [0.4, 0.5) is 29.5 Å². The third-order valence-corrected chi connectivity index (χ3v) is 15.3. The number of anilines is 2. The van der Waals surface area contributed by atoms with Gasteiger partial charge < -0.3 is 77.7 Å². The van der Waals surface area contributed by atoms with Gasteiger partial charge in [0.2, 0.25) is 35.2 Å². The number of ether oxygens (including phenoxy) is 8. The highest BCUT2D eigenvalue weighted by atomic mass is 32.5. The average molecular weight is 1200 g/mol. The summed E-state index contributed by atoms with van der Waals surface area (Å²) in [4.78, 5) is 83.9. The number of halogens is 4. The normalized spacial score (nSPS) is 26.4. The Hall–Kier alpha value is -5.07. The van der Waals surface area contributed by atoms with Crippen LogP contribution in [0.5, 0.6) is 5.75 Å². The lowest BCUT2D eigenvalue weighted by Crippen LogP contribution is -2.48. The molecular formula is C42H53F4N11O18P2S2. The van der Waals surface area contributed by atoms with Gasteiger partial charge in [0.15, 0.2) is 46.4 Å². The summed E-state index contributed by atoms with van der Waals surface area (Å²) in [6.07, 6.45) is -5.59. The van der Waals surface area contributed by atoms with Crippen molar-refractivity contribution in [2.45, 2.75) is 67.9 Å². The molecule has 0 saturated carbocycles. The number of nitrogens with zero attached hydrogens (tertiary/aromatic N) is 6. The van der Waals surface area contributed by atoms with E-state index in [1.54, 1.807) is 0 Å². The van der Waals surface area contributed by atoms with Crippen molar-refractivity contribution in [3.05, 3.63) is 62.2 Å². The third-order valence-electron chi connectivity index (χ3n) is 11.9. The molecule has 0 aliphatic carbocycles. The highest BCUT2D eigenvalue weighted by molar-refractivity contribution is 8.07. The summed E-state index contributed by atoms with van der Waals surface area (Å²) in [6, 6.07) is -1.28. The molecule has 8 N–H and O–H groups in total. The lowest BCUT2D eigenvalue weighted by molar-refractivity contribution is -0.136. The number of imidazole rings is 2. The van der Waals surface area contributed by atoms with Gasteiger partial charge in [0.1, 0.15) is 30.5 Å². The van der Waals surface area contributed by atoms with Crippen molar-refractivity contribution in [3.63, 3.8) is 0 Å². The smallest absolute Gasteiger partial charge is 0.328 e. The molecule has 29 nitrogen and oxygen atoms in total. The topological polar surface area (TPSA) is 373 Å². The van der Waals surface area contributed by atoms with Crippen molar-refractivity contribution in [1.82, 2.24) is 44.4 Å². The van der Waals surface area contributed by atoms with E-state index in [0.717, 1.165) is 6.92 Å². The summed E-state index contributed by atoms with van der Waals surface area (Å²) in [5, 5.41) is 1.87. The number of nitrogen functional groups attached to an aromatic ring is 2. The second kappa shape index (κ2) is 26.2. The quantitative estimate of drug-likeness (QED) is 0.00973. The highest BCUT2D eigenvalue weighted by Gasteiger charge is 2.53. The molecule has 8 rings (SSSR count). The van der Waals surface area contributed by atoms with Crippen LogP contribution in [0.25, 0.3) is 22.3 Å². The van der Waals surface area contributed by atoms with E-state index in [4.69, 9.17) is 87.2 Å². The number of hydrogen-bond acceptors (Lipinski definition) is 25. The number of benzene rings is 1. The van der Waals surface area contributed by atoms with Gasteiger partial charge in [-0.1, -0.05) is 0 Å². The maximum atomic E-state index is 14.1. The van der Waals surface area contributed by atoms with Gasteiger partial charge >= 0.3 is 20.3 Å². The van der Waals surface area contributed by atoms with E-state index in [0.29, 0.717) is 0 Å². The van der Waals surface area contributed by atoms with Gasteiger partial charge in [-0.3, -0.25) is 42.8 Å². The van der Waals surface area contributed by atoms with Crippen molar-refractivity contribution in [2.75, 3.05) is 97.4 Å². The van der Waals surface area contributed by atoms with Gasteiger partial charge in [-0.15, -0.1) is 0 Å². The van der Waals surface area contributed by atoms with E-state index >= 15 is 0 Å². The van der Waals surface area contributed by atoms with E-state index < -0.39 is 140 Å². The first-order valence-corrected chi connectivity index (χ1v) is 28.9. The first kappa shape index (κ1) is 60.0. The summed E-state index contributed by atoms with van der Waals surface area (Å²) in [7, 11) is -4.10. The number of thiol groups is 1. The number of amides is 1. The molecule has 5 aromatic rings. The Bertz CT molecular complexity index is 3210. The van der Waals surface area contributed by atoms with Gasteiger partial charge in [0, 0.05) is 18.6 Å². The maximum absolute atomic E-state index is 14.1. The molecule has 4 aromatic heterocycles. The Labute approximate surface area is 453 Å². The first-order valence-electron chi connectivity index (χ1n) is 23.8. The average Bonchev–Trinajstić information content (AvgIpc) is 4.26. The Kier molecular flexibility index (Phi) is 19.9. The molecule has 37 heteroatoms. The second-order valence-corrected chi connectivity index (χ2v) is 22.9. The summed E-state index contributed by atoms with van der Waals surface area (Å²) < 4.78 is 140. The summed E-state index contributed by atoms with van der Waals surface area (Å²) in [5.74, 6) is -10.7. The zero-order valence-electron chi connectivity index (χ0n) is 41.7. The van der Waals surface area contributed by atoms with Crippen LogP contribution < -0.4 is 32.6 Å². The van der Waals surface area contributed by atoms with Gasteiger partial charge in [-0.05, 0) is 18.7 Å². The number of nitrogens with one attached hydrogen (secondary N) is 3. The number of carbonyl (C=O) groups excluding carboxylic acids is 2. The molecule has 3 aliphatic rings. The number of aromatic nitrogens is 8. The molecule has 434 valence electrons. The molecule has 3 aliphatic heterocycles. The van der Waals surface area contributed by atoms with E-state index in [9.17, 15) is 46.2 Å². The number of nitrogens with two attached hydrogens (primary N) is 2. The SMILES string of the molecule is Cc1c(F)c(F)c(OC(=O)CCOCCOCCOCCOCCOCCC(=O)NC2[C@H]3OP(O)(=S)OC[C@H]4O[C@@H](n5cnc6c(=O)[nH]c(N)nc65)C(S)[C@H]4OP(C)(=O)OC[C@H]3O[C@H]2n2cnc3c(=O)[nH]c(N)nc32)c(F)c1F. The molecule has 3 saturated heterocycles. The predicted molar refractivity (Wildman–Crippen MR) is 269 cm³/mol. The van der Waals surface area contributed by atoms with Crippen LogP contribution in [0.1, 0.15) is 30.9 Å². The van der Waals surface area contributed by atoms with Crippen molar-refractivity contribution in [1.29, 1.82) is 0 Å². The summed E-state index contributed by atoms with van der Waals surface area (Å²) >= 11 is 10.2. The van der Waals surface area contributed by atoms with Crippen LogP contribution in [0.15, 0.2) is 22.2 Å². The fourth-order valence-corrected chi connectivity index (χ4v) is 11.4. The Morgan fingerprint density at radius 1 is 0.759 bits per heavy atom. The molecule has 1 amide bonds. The maximum Gasteiger partial charge on any atom is 0.328 e.